The highest BCUT2D eigenvalue weighted by molar-refractivity contribution is 6.35. The number of aromatic nitrogens is 6. The van der Waals surface area contributed by atoms with Crippen molar-refractivity contribution in [3.8, 4) is 11.3 Å². The van der Waals surface area contributed by atoms with Crippen molar-refractivity contribution in [3.05, 3.63) is 71.8 Å². The maximum atomic E-state index is 13.9. The minimum atomic E-state index is -0.436. The SMILES string of the molecule is C[C@H](Nc1ncnc2[nH]cnc12)c1cc2cccc(Cl)c2nc1-c1cncc(F)c1. The Bertz CT molecular complexity index is 1380. The Hall–Kier alpha value is -3.65. The van der Waals surface area contributed by atoms with E-state index in [4.69, 9.17) is 16.6 Å². The lowest BCUT2D eigenvalue weighted by Gasteiger charge is -2.19. The van der Waals surface area contributed by atoms with E-state index in [2.05, 4.69) is 30.2 Å². The van der Waals surface area contributed by atoms with Gasteiger partial charge >= 0.3 is 0 Å². The number of imidazole rings is 1. The van der Waals surface area contributed by atoms with Gasteiger partial charge in [-0.15, -0.1) is 0 Å². The molecular formula is C21H15ClFN7. The maximum Gasteiger partial charge on any atom is 0.162 e. The zero-order valence-corrected chi connectivity index (χ0v) is 16.5. The average molecular weight is 420 g/mol. The Balaban J connectivity index is 1.66. The Labute approximate surface area is 175 Å². The molecule has 148 valence electrons. The van der Waals surface area contributed by atoms with Crippen LogP contribution in [-0.2, 0) is 0 Å². The Kier molecular flexibility index (Phi) is 4.48. The van der Waals surface area contributed by atoms with E-state index in [1.807, 2.05) is 25.1 Å². The molecule has 4 aromatic heterocycles. The zero-order valence-electron chi connectivity index (χ0n) is 15.8. The fourth-order valence-corrected chi connectivity index (χ4v) is 3.66. The summed E-state index contributed by atoms with van der Waals surface area (Å²) >= 11 is 6.37. The molecule has 0 bridgehead atoms. The van der Waals surface area contributed by atoms with Crippen molar-refractivity contribution in [1.82, 2.24) is 29.9 Å². The van der Waals surface area contributed by atoms with Crippen molar-refractivity contribution >= 4 is 39.5 Å². The zero-order chi connectivity index (χ0) is 20.7. The van der Waals surface area contributed by atoms with Crippen molar-refractivity contribution in [1.29, 1.82) is 0 Å². The second kappa shape index (κ2) is 7.31. The van der Waals surface area contributed by atoms with Gasteiger partial charge in [0, 0.05) is 22.7 Å². The van der Waals surface area contributed by atoms with Crippen LogP contribution in [0.5, 0.6) is 0 Å². The van der Waals surface area contributed by atoms with Gasteiger partial charge in [-0.1, -0.05) is 23.7 Å². The topological polar surface area (TPSA) is 92.3 Å². The molecule has 0 radical (unpaired) electrons. The fourth-order valence-electron chi connectivity index (χ4n) is 3.43. The molecule has 0 saturated carbocycles. The summed E-state index contributed by atoms with van der Waals surface area (Å²) in [6.45, 7) is 1.98. The van der Waals surface area contributed by atoms with Crippen LogP contribution in [0.25, 0.3) is 33.3 Å². The number of H-pyrrole nitrogens is 1. The van der Waals surface area contributed by atoms with Gasteiger partial charge in [-0.05, 0) is 25.1 Å². The predicted molar refractivity (Wildman–Crippen MR) is 114 cm³/mol. The van der Waals surface area contributed by atoms with Gasteiger partial charge in [-0.2, -0.15) is 0 Å². The summed E-state index contributed by atoms with van der Waals surface area (Å²) in [6.07, 6.45) is 5.78. The molecular weight excluding hydrogens is 405 g/mol. The molecule has 1 aromatic carbocycles. The van der Waals surface area contributed by atoms with Gasteiger partial charge < -0.3 is 10.3 Å². The molecule has 0 saturated heterocycles. The molecule has 0 spiro atoms. The molecule has 0 amide bonds. The molecule has 4 heterocycles. The Morgan fingerprint density at radius 1 is 1.10 bits per heavy atom. The van der Waals surface area contributed by atoms with Crippen LogP contribution in [0.1, 0.15) is 18.5 Å². The second-order valence-corrected chi connectivity index (χ2v) is 7.22. The standard InChI is InChI=1S/C21H15ClFN7/c1-11(29-21-19-20(26-9-25-19)27-10-28-21)15-6-12-3-2-4-16(22)18(12)30-17(15)13-5-14(23)8-24-7-13/h2-11H,1H3,(H2,25,26,27,28,29)/t11-/m0/s1. The molecule has 0 aliphatic carbocycles. The lowest BCUT2D eigenvalue weighted by Crippen LogP contribution is -2.11. The number of nitrogens with one attached hydrogen (secondary N) is 2. The molecule has 30 heavy (non-hydrogen) atoms. The summed E-state index contributed by atoms with van der Waals surface area (Å²) in [4.78, 5) is 24.5. The van der Waals surface area contributed by atoms with Gasteiger partial charge in [0.15, 0.2) is 11.5 Å². The summed E-state index contributed by atoms with van der Waals surface area (Å²) in [7, 11) is 0. The lowest BCUT2D eigenvalue weighted by molar-refractivity contribution is 0.622. The molecule has 0 aliphatic rings. The average Bonchev–Trinajstić information content (AvgIpc) is 3.23. The predicted octanol–water partition coefficient (Wildman–Crippen LogP) is 4.93. The quantitative estimate of drug-likeness (QED) is 0.429. The summed E-state index contributed by atoms with van der Waals surface area (Å²) < 4.78 is 13.9. The number of rotatable bonds is 4. The van der Waals surface area contributed by atoms with Crippen LogP contribution in [0.3, 0.4) is 0 Å². The first-order chi connectivity index (χ1) is 14.6. The van der Waals surface area contributed by atoms with E-state index in [1.165, 1.54) is 12.4 Å². The number of para-hydroxylation sites is 1. The number of anilines is 1. The highest BCUT2D eigenvalue weighted by Crippen LogP contribution is 2.34. The van der Waals surface area contributed by atoms with Crippen LogP contribution in [0.2, 0.25) is 5.02 Å². The van der Waals surface area contributed by atoms with Crippen LogP contribution < -0.4 is 5.32 Å². The molecule has 9 heteroatoms. The van der Waals surface area contributed by atoms with Crippen LogP contribution >= 0.6 is 11.6 Å². The highest BCUT2D eigenvalue weighted by atomic mass is 35.5. The monoisotopic (exact) mass is 419 g/mol. The normalized spacial score (nSPS) is 12.4. The number of hydrogen-bond donors (Lipinski definition) is 2. The van der Waals surface area contributed by atoms with E-state index < -0.39 is 5.82 Å². The first-order valence-corrected chi connectivity index (χ1v) is 9.58. The molecule has 0 fully saturated rings. The third-order valence-electron chi connectivity index (χ3n) is 4.84. The molecule has 7 nitrogen and oxygen atoms in total. The summed E-state index contributed by atoms with van der Waals surface area (Å²) in [5.74, 6) is 0.150. The first-order valence-electron chi connectivity index (χ1n) is 9.21. The van der Waals surface area contributed by atoms with Crippen LogP contribution in [0.15, 0.2) is 55.4 Å². The Morgan fingerprint density at radius 3 is 2.87 bits per heavy atom. The minimum Gasteiger partial charge on any atom is -0.362 e. The van der Waals surface area contributed by atoms with Crippen molar-refractivity contribution in [2.45, 2.75) is 13.0 Å². The third-order valence-corrected chi connectivity index (χ3v) is 5.15. The fraction of sp³-hybridized carbons (Fsp3) is 0.0952. The summed E-state index contributed by atoms with van der Waals surface area (Å²) in [5.41, 5.74) is 3.92. The van der Waals surface area contributed by atoms with Gasteiger partial charge in [-0.3, -0.25) is 4.98 Å². The van der Waals surface area contributed by atoms with Crippen molar-refractivity contribution in [2.75, 3.05) is 5.32 Å². The number of pyridine rings is 2. The summed E-state index contributed by atoms with van der Waals surface area (Å²) in [5, 5.41) is 4.78. The van der Waals surface area contributed by atoms with Crippen LogP contribution in [0, 0.1) is 5.82 Å². The smallest absolute Gasteiger partial charge is 0.162 e. The van der Waals surface area contributed by atoms with Gasteiger partial charge in [0.2, 0.25) is 0 Å². The van der Waals surface area contributed by atoms with Crippen molar-refractivity contribution in [3.63, 3.8) is 0 Å². The molecule has 5 rings (SSSR count). The first kappa shape index (κ1) is 18.4. The third kappa shape index (κ3) is 3.21. The Morgan fingerprint density at radius 2 is 2.00 bits per heavy atom. The highest BCUT2D eigenvalue weighted by Gasteiger charge is 2.19. The van der Waals surface area contributed by atoms with E-state index in [1.54, 1.807) is 18.6 Å². The number of fused-ring (bicyclic) bond motifs is 2. The van der Waals surface area contributed by atoms with Gasteiger partial charge in [0.1, 0.15) is 17.7 Å². The second-order valence-electron chi connectivity index (χ2n) is 6.82. The number of aromatic amines is 1. The van der Waals surface area contributed by atoms with Crippen molar-refractivity contribution < 1.29 is 4.39 Å². The number of halogens is 2. The number of nitrogens with zero attached hydrogens (tertiary/aromatic N) is 5. The maximum absolute atomic E-state index is 13.9. The minimum absolute atomic E-state index is 0.228. The molecule has 1 atom stereocenters. The molecule has 5 aromatic rings. The van der Waals surface area contributed by atoms with E-state index in [9.17, 15) is 4.39 Å². The van der Waals surface area contributed by atoms with Gasteiger partial charge in [-0.25, -0.2) is 24.3 Å². The molecule has 0 aliphatic heterocycles. The lowest BCUT2D eigenvalue weighted by atomic mass is 9.99. The van der Waals surface area contributed by atoms with Gasteiger partial charge in [0.05, 0.1) is 34.8 Å². The summed E-state index contributed by atoms with van der Waals surface area (Å²) in [6, 6.07) is 8.76. The van der Waals surface area contributed by atoms with E-state index in [0.717, 1.165) is 17.1 Å². The number of hydrogen-bond acceptors (Lipinski definition) is 6. The van der Waals surface area contributed by atoms with Gasteiger partial charge in [0.25, 0.3) is 0 Å². The van der Waals surface area contributed by atoms with Crippen molar-refractivity contribution in [2.24, 2.45) is 0 Å². The van der Waals surface area contributed by atoms with E-state index in [-0.39, 0.29) is 6.04 Å². The number of benzene rings is 1. The largest absolute Gasteiger partial charge is 0.362 e. The van der Waals surface area contributed by atoms with Crippen LogP contribution in [-0.4, -0.2) is 29.9 Å². The molecule has 2 N–H and O–H groups in total. The van der Waals surface area contributed by atoms with E-state index >= 15 is 0 Å². The van der Waals surface area contributed by atoms with E-state index in [0.29, 0.717) is 38.8 Å². The van der Waals surface area contributed by atoms with Crippen LogP contribution in [0.4, 0.5) is 10.2 Å². The molecule has 0 unspecified atom stereocenters.